The van der Waals surface area contributed by atoms with E-state index in [9.17, 15) is 9.90 Å². The molecule has 98 valence electrons. The molecule has 1 unspecified atom stereocenters. The SMILES string of the molecule is CC(C)(O)CC1(c2ccccc2)CCNC(=O)O1. The maximum absolute atomic E-state index is 11.5. The lowest BCUT2D eigenvalue weighted by atomic mass is 9.80. The number of hydrogen-bond acceptors (Lipinski definition) is 3. The summed E-state index contributed by atoms with van der Waals surface area (Å²) in [5.74, 6) is 0. The summed E-state index contributed by atoms with van der Waals surface area (Å²) in [7, 11) is 0. The second-order valence-corrected chi connectivity index (χ2v) is 5.42. The fraction of sp³-hybridized carbons (Fsp3) is 0.500. The Morgan fingerprint density at radius 3 is 2.61 bits per heavy atom. The molecule has 1 amide bonds. The van der Waals surface area contributed by atoms with E-state index < -0.39 is 17.3 Å². The van der Waals surface area contributed by atoms with E-state index in [-0.39, 0.29) is 0 Å². The van der Waals surface area contributed by atoms with Crippen LogP contribution in [0.5, 0.6) is 0 Å². The molecule has 0 bridgehead atoms. The average molecular weight is 249 g/mol. The maximum atomic E-state index is 11.5. The summed E-state index contributed by atoms with van der Waals surface area (Å²) in [6, 6.07) is 9.62. The number of hydrogen-bond donors (Lipinski definition) is 2. The van der Waals surface area contributed by atoms with Gasteiger partial charge in [-0.1, -0.05) is 30.3 Å². The monoisotopic (exact) mass is 249 g/mol. The van der Waals surface area contributed by atoms with E-state index >= 15 is 0 Å². The molecular formula is C14H19NO3. The van der Waals surface area contributed by atoms with Crippen LogP contribution in [-0.2, 0) is 10.3 Å². The number of carbonyl (C=O) groups excluding carboxylic acids is 1. The molecule has 0 aromatic heterocycles. The summed E-state index contributed by atoms with van der Waals surface area (Å²) in [5, 5.41) is 12.7. The van der Waals surface area contributed by atoms with Gasteiger partial charge >= 0.3 is 6.09 Å². The molecule has 1 fully saturated rings. The lowest BCUT2D eigenvalue weighted by Gasteiger charge is -2.40. The predicted octanol–water partition coefficient (Wildman–Crippen LogP) is 2.17. The first kappa shape index (κ1) is 12.9. The van der Waals surface area contributed by atoms with E-state index in [1.54, 1.807) is 13.8 Å². The Hall–Kier alpha value is -1.55. The minimum Gasteiger partial charge on any atom is -0.438 e. The Kier molecular flexibility index (Phi) is 3.30. The maximum Gasteiger partial charge on any atom is 0.408 e. The Morgan fingerprint density at radius 2 is 2.06 bits per heavy atom. The molecule has 4 heteroatoms. The van der Waals surface area contributed by atoms with Crippen LogP contribution in [0.4, 0.5) is 4.79 Å². The normalized spacial score (nSPS) is 24.3. The number of amides is 1. The third-order valence-electron chi connectivity index (χ3n) is 3.10. The van der Waals surface area contributed by atoms with Crippen molar-refractivity contribution in [3.05, 3.63) is 35.9 Å². The van der Waals surface area contributed by atoms with Crippen molar-refractivity contribution in [3.8, 4) is 0 Å². The number of cyclic esters (lactones) is 1. The molecule has 1 atom stereocenters. The summed E-state index contributed by atoms with van der Waals surface area (Å²) in [4.78, 5) is 11.5. The van der Waals surface area contributed by atoms with Gasteiger partial charge in [-0.2, -0.15) is 0 Å². The zero-order valence-corrected chi connectivity index (χ0v) is 10.8. The topological polar surface area (TPSA) is 58.6 Å². The molecule has 1 aliphatic heterocycles. The first-order valence-corrected chi connectivity index (χ1v) is 6.16. The summed E-state index contributed by atoms with van der Waals surface area (Å²) in [5.41, 5.74) is -0.697. The van der Waals surface area contributed by atoms with Crippen molar-refractivity contribution in [1.82, 2.24) is 5.32 Å². The van der Waals surface area contributed by atoms with E-state index in [1.807, 2.05) is 30.3 Å². The molecular weight excluding hydrogens is 230 g/mol. The highest BCUT2D eigenvalue weighted by atomic mass is 16.6. The molecule has 2 N–H and O–H groups in total. The van der Waals surface area contributed by atoms with E-state index in [0.717, 1.165) is 5.56 Å². The zero-order valence-electron chi connectivity index (χ0n) is 10.8. The second kappa shape index (κ2) is 4.61. The molecule has 0 radical (unpaired) electrons. The van der Waals surface area contributed by atoms with E-state index in [4.69, 9.17) is 4.74 Å². The van der Waals surface area contributed by atoms with Gasteiger partial charge < -0.3 is 15.2 Å². The number of carbonyl (C=O) groups is 1. The van der Waals surface area contributed by atoms with E-state index in [1.165, 1.54) is 0 Å². The molecule has 1 aliphatic rings. The first-order chi connectivity index (χ1) is 8.41. The van der Waals surface area contributed by atoms with Crippen LogP contribution in [0, 0.1) is 0 Å². The fourth-order valence-electron chi connectivity index (χ4n) is 2.50. The van der Waals surface area contributed by atoms with E-state index in [0.29, 0.717) is 19.4 Å². The number of ether oxygens (including phenoxy) is 1. The van der Waals surface area contributed by atoms with Gasteiger partial charge in [0.1, 0.15) is 5.60 Å². The van der Waals surface area contributed by atoms with E-state index in [2.05, 4.69) is 5.32 Å². The number of rotatable bonds is 3. The second-order valence-electron chi connectivity index (χ2n) is 5.42. The average Bonchev–Trinajstić information content (AvgIpc) is 2.28. The van der Waals surface area contributed by atoms with Crippen molar-refractivity contribution in [2.75, 3.05) is 6.54 Å². The van der Waals surface area contributed by atoms with Crippen LogP contribution in [0.2, 0.25) is 0 Å². The van der Waals surface area contributed by atoms with Gasteiger partial charge in [0.05, 0.1) is 5.60 Å². The molecule has 0 saturated carbocycles. The predicted molar refractivity (Wildman–Crippen MR) is 68.1 cm³/mol. The van der Waals surface area contributed by atoms with Crippen LogP contribution in [0.3, 0.4) is 0 Å². The summed E-state index contributed by atoms with van der Waals surface area (Å²) in [6.07, 6.45) is 0.624. The smallest absolute Gasteiger partial charge is 0.408 e. The molecule has 1 aromatic carbocycles. The van der Waals surface area contributed by atoms with Gasteiger partial charge in [-0.15, -0.1) is 0 Å². The van der Waals surface area contributed by atoms with Crippen molar-refractivity contribution >= 4 is 6.09 Å². The van der Waals surface area contributed by atoms with Crippen LogP contribution in [0.1, 0.15) is 32.3 Å². The third-order valence-corrected chi connectivity index (χ3v) is 3.10. The molecule has 1 aromatic rings. The number of aliphatic hydroxyl groups is 1. The molecule has 4 nitrogen and oxygen atoms in total. The van der Waals surface area contributed by atoms with Gasteiger partial charge in [0.15, 0.2) is 0 Å². The lowest BCUT2D eigenvalue weighted by Crippen LogP contribution is -2.48. The van der Waals surface area contributed by atoms with Crippen LogP contribution >= 0.6 is 0 Å². The van der Waals surface area contributed by atoms with Crippen LogP contribution in [0.25, 0.3) is 0 Å². The largest absolute Gasteiger partial charge is 0.438 e. The van der Waals surface area contributed by atoms with Gasteiger partial charge in [-0.3, -0.25) is 0 Å². The van der Waals surface area contributed by atoms with Gasteiger partial charge in [-0.25, -0.2) is 4.79 Å². The van der Waals surface area contributed by atoms with Gasteiger partial charge in [0, 0.05) is 19.4 Å². The summed E-state index contributed by atoms with van der Waals surface area (Å²) >= 11 is 0. The summed E-state index contributed by atoms with van der Waals surface area (Å²) < 4.78 is 5.53. The minimum atomic E-state index is -0.895. The highest BCUT2D eigenvalue weighted by Gasteiger charge is 2.42. The fourth-order valence-corrected chi connectivity index (χ4v) is 2.50. The van der Waals surface area contributed by atoms with Crippen molar-refractivity contribution < 1.29 is 14.6 Å². The Balaban J connectivity index is 2.36. The Labute approximate surface area is 107 Å². The third kappa shape index (κ3) is 2.82. The first-order valence-electron chi connectivity index (χ1n) is 6.16. The van der Waals surface area contributed by atoms with Crippen LogP contribution < -0.4 is 5.32 Å². The quantitative estimate of drug-likeness (QED) is 0.863. The molecule has 1 heterocycles. The van der Waals surface area contributed by atoms with Crippen molar-refractivity contribution in [3.63, 3.8) is 0 Å². The van der Waals surface area contributed by atoms with Crippen molar-refractivity contribution in [2.45, 2.75) is 37.9 Å². The zero-order chi connectivity index (χ0) is 13.2. The summed E-state index contributed by atoms with van der Waals surface area (Å²) in [6.45, 7) is 4.02. The van der Waals surface area contributed by atoms with Crippen LogP contribution in [-0.4, -0.2) is 23.3 Å². The van der Waals surface area contributed by atoms with Gasteiger partial charge in [0.2, 0.25) is 0 Å². The molecule has 0 aliphatic carbocycles. The van der Waals surface area contributed by atoms with Gasteiger partial charge in [0.25, 0.3) is 0 Å². The Morgan fingerprint density at radius 1 is 1.39 bits per heavy atom. The van der Waals surface area contributed by atoms with Crippen LogP contribution in [0.15, 0.2) is 30.3 Å². The molecule has 0 spiro atoms. The highest BCUT2D eigenvalue weighted by Crippen LogP contribution is 2.38. The molecule has 1 saturated heterocycles. The van der Waals surface area contributed by atoms with Gasteiger partial charge in [-0.05, 0) is 19.4 Å². The standard InChI is InChI=1S/C14H19NO3/c1-13(2,17)10-14(8-9-15-12(16)18-14)11-6-4-3-5-7-11/h3-7,17H,8-10H2,1-2H3,(H,15,16). The number of benzene rings is 1. The van der Waals surface area contributed by atoms with Crippen molar-refractivity contribution in [1.29, 1.82) is 0 Å². The number of nitrogens with one attached hydrogen (secondary N) is 1. The number of alkyl carbamates (subject to hydrolysis) is 1. The Bertz CT molecular complexity index is 424. The molecule has 2 rings (SSSR count). The highest BCUT2D eigenvalue weighted by molar-refractivity contribution is 5.69. The molecule has 18 heavy (non-hydrogen) atoms. The van der Waals surface area contributed by atoms with Crippen molar-refractivity contribution in [2.24, 2.45) is 0 Å². The minimum absolute atomic E-state index is 0.386. The lowest BCUT2D eigenvalue weighted by molar-refractivity contribution is -0.0745.